The van der Waals surface area contributed by atoms with Gasteiger partial charge >= 0.3 is 0 Å². The molecule has 0 fully saturated rings. The Bertz CT molecular complexity index is 634. The first-order valence-corrected chi connectivity index (χ1v) is 6.46. The van der Waals surface area contributed by atoms with E-state index in [4.69, 9.17) is 9.63 Å². The van der Waals surface area contributed by atoms with E-state index in [0.29, 0.717) is 16.2 Å². The fraction of sp³-hybridized carbons (Fsp3) is 0.231. The molecule has 5 nitrogen and oxygen atoms in total. The van der Waals surface area contributed by atoms with Gasteiger partial charge < -0.3 is 14.9 Å². The highest BCUT2D eigenvalue weighted by atomic mass is 32.1. The lowest BCUT2D eigenvalue weighted by Crippen LogP contribution is -2.22. The van der Waals surface area contributed by atoms with Crippen molar-refractivity contribution in [2.45, 2.75) is 13.5 Å². The van der Waals surface area contributed by atoms with E-state index < -0.39 is 0 Å². The number of amides is 1. The Labute approximate surface area is 114 Å². The highest BCUT2D eigenvalue weighted by molar-refractivity contribution is 7.12. The summed E-state index contributed by atoms with van der Waals surface area (Å²) in [4.78, 5) is 12.5. The Morgan fingerprint density at radius 3 is 3.16 bits per heavy atom. The summed E-state index contributed by atoms with van der Waals surface area (Å²) in [5.74, 6) is 5.65. The van der Waals surface area contributed by atoms with Gasteiger partial charge in [-0.2, -0.15) is 0 Å². The number of nitrogens with zero attached hydrogens (tertiary/aromatic N) is 1. The molecule has 6 heteroatoms. The molecule has 0 spiro atoms. The minimum absolute atomic E-state index is 0.216. The van der Waals surface area contributed by atoms with Crippen LogP contribution < -0.4 is 5.32 Å². The van der Waals surface area contributed by atoms with Crippen molar-refractivity contribution in [3.05, 3.63) is 39.4 Å². The fourth-order valence-corrected chi connectivity index (χ4v) is 2.23. The van der Waals surface area contributed by atoms with Crippen LogP contribution in [0.4, 0.5) is 0 Å². The predicted molar refractivity (Wildman–Crippen MR) is 70.7 cm³/mol. The molecule has 1 amide bonds. The molecule has 0 bridgehead atoms. The van der Waals surface area contributed by atoms with Gasteiger partial charge in [-0.3, -0.25) is 4.79 Å². The number of hydrogen-bond acceptors (Lipinski definition) is 5. The molecule has 2 aromatic rings. The number of hydrogen-bond donors (Lipinski definition) is 2. The largest absolute Gasteiger partial charge is 0.384 e. The topological polar surface area (TPSA) is 75.4 Å². The zero-order chi connectivity index (χ0) is 13.7. The molecule has 2 N–H and O–H groups in total. The molecule has 98 valence electrons. The summed E-state index contributed by atoms with van der Waals surface area (Å²) in [5.41, 5.74) is 1.39. The summed E-state index contributed by atoms with van der Waals surface area (Å²) in [7, 11) is 0. The monoisotopic (exact) mass is 276 g/mol. The average molecular weight is 276 g/mol. The normalized spacial score (nSPS) is 9.79. The number of carbonyl (C=O) groups is 1. The van der Waals surface area contributed by atoms with Crippen LogP contribution in [0, 0.1) is 18.8 Å². The zero-order valence-corrected chi connectivity index (χ0v) is 11.1. The summed E-state index contributed by atoms with van der Waals surface area (Å²) in [5, 5.41) is 16.9. The van der Waals surface area contributed by atoms with Crippen LogP contribution in [-0.2, 0) is 6.54 Å². The second-order valence-corrected chi connectivity index (χ2v) is 4.66. The minimum Gasteiger partial charge on any atom is -0.384 e. The van der Waals surface area contributed by atoms with Gasteiger partial charge in [0.25, 0.3) is 5.91 Å². The molecule has 0 aliphatic heterocycles. The van der Waals surface area contributed by atoms with Crippen LogP contribution in [0.15, 0.2) is 22.0 Å². The van der Waals surface area contributed by atoms with E-state index in [0.717, 1.165) is 5.69 Å². The number of aromatic nitrogens is 1. The lowest BCUT2D eigenvalue weighted by molar-refractivity contribution is 0.0951. The summed E-state index contributed by atoms with van der Waals surface area (Å²) < 4.78 is 5.00. The van der Waals surface area contributed by atoms with Gasteiger partial charge in [-0.25, -0.2) is 0 Å². The van der Waals surface area contributed by atoms with E-state index in [1.807, 2.05) is 6.92 Å². The molecule has 0 saturated carbocycles. The van der Waals surface area contributed by atoms with E-state index in [1.54, 1.807) is 17.5 Å². The third-order valence-electron chi connectivity index (χ3n) is 2.27. The van der Waals surface area contributed by atoms with Gasteiger partial charge in [0.2, 0.25) is 0 Å². The molecule has 2 heterocycles. The van der Waals surface area contributed by atoms with Crippen molar-refractivity contribution in [3.8, 4) is 11.8 Å². The Kier molecular flexibility index (Phi) is 4.34. The average Bonchev–Trinajstić information content (AvgIpc) is 3.02. The molecule has 0 saturated heterocycles. The van der Waals surface area contributed by atoms with Crippen molar-refractivity contribution < 1.29 is 14.4 Å². The Morgan fingerprint density at radius 2 is 2.47 bits per heavy atom. The molecule has 0 atom stereocenters. The summed E-state index contributed by atoms with van der Waals surface area (Å²) in [6, 6.07) is 3.52. The first-order valence-electron chi connectivity index (χ1n) is 5.58. The number of carbonyl (C=O) groups excluding carboxylic acids is 1. The third-order valence-corrected chi connectivity index (χ3v) is 3.19. The lowest BCUT2D eigenvalue weighted by Gasteiger charge is -2.00. The highest BCUT2D eigenvalue weighted by Gasteiger charge is 2.12. The van der Waals surface area contributed by atoms with E-state index in [1.165, 1.54) is 11.3 Å². The molecule has 19 heavy (non-hydrogen) atoms. The van der Waals surface area contributed by atoms with Crippen molar-refractivity contribution >= 4 is 17.2 Å². The fourth-order valence-electron chi connectivity index (χ4n) is 1.47. The predicted octanol–water partition coefficient (Wildman–Crippen LogP) is 1.32. The Hall–Kier alpha value is -2.10. The van der Waals surface area contributed by atoms with Crippen LogP contribution in [0.2, 0.25) is 0 Å². The standard InChI is InChI=1S/C13H12N2O3S/c1-9-7-11(18-15-9)8-14-13(17)12-10(3-2-5-16)4-6-19-12/h4,6-7,16H,5,8H2,1H3,(H,14,17). The quantitative estimate of drug-likeness (QED) is 0.829. The van der Waals surface area contributed by atoms with E-state index in [2.05, 4.69) is 22.3 Å². The maximum atomic E-state index is 12.0. The first-order chi connectivity index (χ1) is 9.20. The maximum absolute atomic E-state index is 12.0. The van der Waals surface area contributed by atoms with Crippen LogP contribution in [0.5, 0.6) is 0 Å². The highest BCUT2D eigenvalue weighted by Crippen LogP contribution is 2.15. The SMILES string of the molecule is Cc1cc(CNC(=O)c2sccc2C#CCO)on1. The number of thiophene rings is 1. The van der Waals surface area contributed by atoms with Crippen molar-refractivity contribution in [2.75, 3.05) is 6.61 Å². The molecule has 0 aliphatic rings. The summed E-state index contributed by atoms with van der Waals surface area (Å²) >= 11 is 1.31. The van der Waals surface area contributed by atoms with Crippen molar-refractivity contribution in [1.29, 1.82) is 0 Å². The molecule has 2 rings (SSSR count). The molecule has 0 radical (unpaired) electrons. The van der Waals surface area contributed by atoms with Crippen molar-refractivity contribution in [2.24, 2.45) is 0 Å². The number of nitrogens with one attached hydrogen (secondary N) is 1. The maximum Gasteiger partial charge on any atom is 0.263 e. The lowest BCUT2D eigenvalue weighted by atomic mass is 10.2. The van der Waals surface area contributed by atoms with Crippen LogP contribution in [0.3, 0.4) is 0 Å². The molecule has 0 aromatic carbocycles. The first kappa shape index (κ1) is 13.3. The van der Waals surface area contributed by atoms with Crippen LogP contribution in [-0.4, -0.2) is 22.8 Å². The van der Waals surface area contributed by atoms with Crippen LogP contribution in [0.25, 0.3) is 0 Å². The smallest absolute Gasteiger partial charge is 0.263 e. The summed E-state index contributed by atoms with van der Waals surface area (Å²) in [6.07, 6.45) is 0. The number of rotatable bonds is 3. The van der Waals surface area contributed by atoms with Gasteiger partial charge in [0.05, 0.1) is 12.2 Å². The zero-order valence-electron chi connectivity index (χ0n) is 10.3. The van der Waals surface area contributed by atoms with Gasteiger partial charge in [-0.15, -0.1) is 11.3 Å². The van der Waals surface area contributed by atoms with E-state index >= 15 is 0 Å². The Morgan fingerprint density at radius 1 is 1.63 bits per heavy atom. The van der Waals surface area contributed by atoms with Crippen molar-refractivity contribution in [3.63, 3.8) is 0 Å². The number of aryl methyl sites for hydroxylation is 1. The molecular formula is C13H12N2O3S. The van der Waals surface area contributed by atoms with Crippen LogP contribution >= 0.6 is 11.3 Å². The molecule has 0 unspecified atom stereocenters. The number of aliphatic hydroxyl groups is 1. The number of aliphatic hydroxyl groups excluding tert-OH is 1. The third kappa shape index (κ3) is 3.44. The van der Waals surface area contributed by atoms with Gasteiger partial charge in [0.15, 0.2) is 5.76 Å². The van der Waals surface area contributed by atoms with Gasteiger partial charge in [-0.1, -0.05) is 17.0 Å². The second-order valence-electron chi connectivity index (χ2n) is 3.74. The van der Waals surface area contributed by atoms with Crippen LogP contribution in [0.1, 0.15) is 26.7 Å². The summed E-state index contributed by atoms with van der Waals surface area (Å²) in [6.45, 7) is 1.87. The Balaban J connectivity index is 2.02. The minimum atomic E-state index is -0.228. The molecule has 2 aromatic heterocycles. The molecule has 0 aliphatic carbocycles. The molecular weight excluding hydrogens is 264 g/mol. The van der Waals surface area contributed by atoms with E-state index in [9.17, 15) is 4.79 Å². The second kappa shape index (κ2) is 6.18. The van der Waals surface area contributed by atoms with Crippen molar-refractivity contribution in [1.82, 2.24) is 10.5 Å². The van der Waals surface area contributed by atoms with Gasteiger partial charge in [0.1, 0.15) is 11.5 Å². The van der Waals surface area contributed by atoms with Gasteiger partial charge in [-0.05, 0) is 18.4 Å². The van der Waals surface area contributed by atoms with E-state index in [-0.39, 0.29) is 19.1 Å². The van der Waals surface area contributed by atoms with Gasteiger partial charge in [0, 0.05) is 11.6 Å².